The zero-order chi connectivity index (χ0) is 12.3. The summed E-state index contributed by atoms with van der Waals surface area (Å²) in [6.07, 6.45) is 3.10. The summed E-state index contributed by atoms with van der Waals surface area (Å²) >= 11 is 9.09. The van der Waals surface area contributed by atoms with Gasteiger partial charge in [-0.05, 0) is 40.2 Å². The predicted molar refractivity (Wildman–Crippen MR) is 69.1 cm³/mol. The van der Waals surface area contributed by atoms with Crippen molar-refractivity contribution in [3.8, 4) is 0 Å². The molecule has 0 radical (unpaired) electrons. The van der Waals surface area contributed by atoms with Crippen molar-refractivity contribution in [2.24, 2.45) is 0 Å². The maximum Gasteiger partial charge on any atom is 0.257 e. The number of rotatable bonds is 2. The number of hydrogen-bond donors (Lipinski definition) is 1. The molecular formula is C11H7BrClN3O. The average molecular weight is 313 g/mol. The highest BCUT2D eigenvalue weighted by Crippen LogP contribution is 2.18. The standard InChI is InChI=1S/C11H7BrClN3O/c12-9-6-7(3-5-14-9)11(17)16-10-8(13)2-1-4-15-10/h1-6H,(H,15,16,17). The van der Waals surface area contributed by atoms with E-state index in [4.69, 9.17) is 11.6 Å². The van der Waals surface area contributed by atoms with Crippen LogP contribution in [0.1, 0.15) is 10.4 Å². The normalized spacial score (nSPS) is 10.0. The van der Waals surface area contributed by atoms with E-state index in [1.807, 2.05) is 0 Å². The Kier molecular flexibility index (Phi) is 3.71. The van der Waals surface area contributed by atoms with Gasteiger partial charge < -0.3 is 5.32 Å². The Hall–Kier alpha value is -1.46. The van der Waals surface area contributed by atoms with Crippen molar-refractivity contribution in [1.29, 1.82) is 0 Å². The number of carbonyl (C=O) groups is 1. The summed E-state index contributed by atoms with van der Waals surface area (Å²) in [7, 11) is 0. The lowest BCUT2D eigenvalue weighted by atomic mass is 10.2. The zero-order valence-electron chi connectivity index (χ0n) is 8.52. The van der Waals surface area contributed by atoms with Crippen LogP contribution in [0.15, 0.2) is 41.3 Å². The SMILES string of the molecule is O=C(Nc1ncccc1Cl)c1ccnc(Br)c1. The summed E-state index contributed by atoms with van der Waals surface area (Å²) in [5, 5.41) is 3.02. The monoisotopic (exact) mass is 311 g/mol. The van der Waals surface area contributed by atoms with Gasteiger partial charge in [0.1, 0.15) is 4.60 Å². The molecule has 0 aromatic carbocycles. The molecule has 1 N–H and O–H groups in total. The first kappa shape index (κ1) is 12.0. The number of nitrogens with one attached hydrogen (secondary N) is 1. The second-order valence-electron chi connectivity index (χ2n) is 3.16. The number of carbonyl (C=O) groups excluding carboxylic acids is 1. The lowest BCUT2D eigenvalue weighted by Crippen LogP contribution is -2.13. The van der Waals surface area contributed by atoms with Crippen LogP contribution in [-0.2, 0) is 0 Å². The fraction of sp³-hybridized carbons (Fsp3) is 0. The Morgan fingerprint density at radius 1 is 1.29 bits per heavy atom. The lowest BCUT2D eigenvalue weighted by molar-refractivity contribution is 0.102. The largest absolute Gasteiger partial charge is 0.305 e. The van der Waals surface area contributed by atoms with Crippen molar-refractivity contribution in [2.45, 2.75) is 0 Å². The van der Waals surface area contributed by atoms with Gasteiger partial charge in [0.2, 0.25) is 0 Å². The van der Waals surface area contributed by atoms with Gasteiger partial charge in [0, 0.05) is 18.0 Å². The summed E-state index contributed by atoms with van der Waals surface area (Å²) in [5.74, 6) is 0.0563. The minimum absolute atomic E-state index is 0.284. The van der Waals surface area contributed by atoms with Crippen LogP contribution in [0.4, 0.5) is 5.82 Å². The molecule has 2 aromatic rings. The van der Waals surface area contributed by atoms with E-state index in [9.17, 15) is 4.79 Å². The number of aromatic nitrogens is 2. The number of anilines is 1. The van der Waals surface area contributed by atoms with Gasteiger partial charge in [0.25, 0.3) is 5.91 Å². The van der Waals surface area contributed by atoms with E-state index in [-0.39, 0.29) is 5.91 Å². The molecule has 4 nitrogen and oxygen atoms in total. The number of nitrogens with zero attached hydrogens (tertiary/aromatic N) is 2. The van der Waals surface area contributed by atoms with Gasteiger partial charge in [-0.2, -0.15) is 0 Å². The fourth-order valence-corrected chi connectivity index (χ4v) is 1.73. The van der Waals surface area contributed by atoms with E-state index in [0.29, 0.717) is 21.0 Å². The molecule has 0 aliphatic rings. The van der Waals surface area contributed by atoms with Gasteiger partial charge in [-0.1, -0.05) is 11.6 Å². The smallest absolute Gasteiger partial charge is 0.257 e. The lowest BCUT2D eigenvalue weighted by Gasteiger charge is -2.05. The maximum absolute atomic E-state index is 11.9. The summed E-state index contributed by atoms with van der Waals surface area (Å²) in [4.78, 5) is 19.8. The van der Waals surface area contributed by atoms with Crippen LogP contribution >= 0.6 is 27.5 Å². The molecule has 0 atom stereocenters. The van der Waals surface area contributed by atoms with Crippen molar-refractivity contribution in [3.05, 3.63) is 51.8 Å². The Bertz CT molecular complexity index is 562. The minimum Gasteiger partial charge on any atom is -0.305 e. The molecule has 0 unspecified atom stereocenters. The zero-order valence-corrected chi connectivity index (χ0v) is 10.9. The third-order valence-electron chi connectivity index (χ3n) is 1.98. The van der Waals surface area contributed by atoms with Crippen molar-refractivity contribution in [1.82, 2.24) is 9.97 Å². The molecular weight excluding hydrogens is 305 g/mol. The molecule has 0 aliphatic heterocycles. The van der Waals surface area contributed by atoms with Crippen LogP contribution in [0.25, 0.3) is 0 Å². The first-order valence-electron chi connectivity index (χ1n) is 4.70. The molecule has 1 amide bonds. The molecule has 17 heavy (non-hydrogen) atoms. The molecule has 6 heteroatoms. The average Bonchev–Trinajstić information content (AvgIpc) is 2.32. The van der Waals surface area contributed by atoms with Gasteiger partial charge >= 0.3 is 0 Å². The van der Waals surface area contributed by atoms with Crippen molar-refractivity contribution in [2.75, 3.05) is 5.32 Å². The first-order valence-corrected chi connectivity index (χ1v) is 5.87. The molecule has 0 saturated carbocycles. The van der Waals surface area contributed by atoms with Crippen molar-refractivity contribution < 1.29 is 4.79 Å². The number of amides is 1. The van der Waals surface area contributed by atoms with E-state index < -0.39 is 0 Å². The van der Waals surface area contributed by atoms with Gasteiger partial charge in [-0.15, -0.1) is 0 Å². The van der Waals surface area contributed by atoms with Gasteiger partial charge in [0.15, 0.2) is 5.82 Å². The molecule has 2 aromatic heterocycles. The van der Waals surface area contributed by atoms with Crippen LogP contribution in [0.2, 0.25) is 5.02 Å². The van der Waals surface area contributed by atoms with Crippen LogP contribution in [0.5, 0.6) is 0 Å². The number of pyridine rings is 2. The van der Waals surface area contributed by atoms with Crippen LogP contribution in [0, 0.1) is 0 Å². The topological polar surface area (TPSA) is 54.9 Å². The summed E-state index contributed by atoms with van der Waals surface area (Å²) in [6.45, 7) is 0. The third kappa shape index (κ3) is 3.01. The summed E-state index contributed by atoms with van der Waals surface area (Å²) in [5.41, 5.74) is 0.480. The van der Waals surface area contributed by atoms with E-state index in [2.05, 4.69) is 31.2 Å². The Balaban J connectivity index is 2.20. The second-order valence-corrected chi connectivity index (χ2v) is 4.37. The van der Waals surface area contributed by atoms with E-state index in [1.165, 1.54) is 0 Å². The van der Waals surface area contributed by atoms with Crippen LogP contribution < -0.4 is 5.32 Å². The molecule has 0 fully saturated rings. The van der Waals surface area contributed by atoms with E-state index in [1.54, 1.807) is 36.7 Å². The second kappa shape index (κ2) is 5.25. The predicted octanol–water partition coefficient (Wildman–Crippen LogP) is 3.14. The molecule has 86 valence electrons. The van der Waals surface area contributed by atoms with Gasteiger partial charge in [-0.25, -0.2) is 9.97 Å². The molecule has 0 saturated heterocycles. The molecule has 0 aliphatic carbocycles. The van der Waals surface area contributed by atoms with Gasteiger partial charge in [-0.3, -0.25) is 4.79 Å². The Morgan fingerprint density at radius 2 is 2.12 bits per heavy atom. The third-order valence-corrected chi connectivity index (χ3v) is 2.72. The minimum atomic E-state index is -0.284. The fourth-order valence-electron chi connectivity index (χ4n) is 1.20. The highest BCUT2D eigenvalue weighted by atomic mass is 79.9. The Morgan fingerprint density at radius 3 is 2.82 bits per heavy atom. The van der Waals surface area contributed by atoms with Crippen LogP contribution in [0.3, 0.4) is 0 Å². The van der Waals surface area contributed by atoms with E-state index >= 15 is 0 Å². The molecule has 0 bridgehead atoms. The maximum atomic E-state index is 11.9. The molecule has 2 heterocycles. The number of hydrogen-bond acceptors (Lipinski definition) is 3. The highest BCUT2D eigenvalue weighted by molar-refractivity contribution is 9.10. The highest BCUT2D eigenvalue weighted by Gasteiger charge is 2.09. The molecule has 0 spiro atoms. The Labute approximate surface area is 111 Å². The van der Waals surface area contributed by atoms with Crippen molar-refractivity contribution >= 4 is 39.3 Å². The quantitative estimate of drug-likeness (QED) is 0.867. The van der Waals surface area contributed by atoms with E-state index in [0.717, 1.165) is 0 Å². The first-order chi connectivity index (χ1) is 8.16. The molecule has 2 rings (SSSR count). The van der Waals surface area contributed by atoms with Crippen LogP contribution in [-0.4, -0.2) is 15.9 Å². The summed E-state index contributed by atoms with van der Waals surface area (Å²) in [6, 6.07) is 6.58. The van der Waals surface area contributed by atoms with Gasteiger partial charge in [0.05, 0.1) is 5.02 Å². The van der Waals surface area contributed by atoms with Crippen molar-refractivity contribution in [3.63, 3.8) is 0 Å². The summed E-state index contributed by atoms with van der Waals surface area (Å²) < 4.78 is 0.595. The number of halogens is 2.